The summed E-state index contributed by atoms with van der Waals surface area (Å²) < 4.78 is 15.7. The van der Waals surface area contributed by atoms with E-state index in [1.54, 1.807) is 37.5 Å². The van der Waals surface area contributed by atoms with Crippen molar-refractivity contribution in [3.8, 4) is 5.69 Å². The van der Waals surface area contributed by atoms with Crippen LogP contribution in [0.15, 0.2) is 36.7 Å². The molecular weight excluding hydrogens is 297 g/mol. The predicted octanol–water partition coefficient (Wildman–Crippen LogP) is 2.35. The molecule has 0 spiro atoms. The van der Waals surface area contributed by atoms with Gasteiger partial charge < -0.3 is 10.4 Å². The van der Waals surface area contributed by atoms with Crippen LogP contribution in [0.1, 0.15) is 38.3 Å². The molecule has 1 fully saturated rings. The Bertz CT molecular complexity index is 705. The van der Waals surface area contributed by atoms with Crippen LogP contribution in [0.3, 0.4) is 0 Å². The van der Waals surface area contributed by atoms with E-state index in [2.05, 4.69) is 10.4 Å². The van der Waals surface area contributed by atoms with Crippen molar-refractivity contribution in [1.82, 2.24) is 15.1 Å². The zero-order chi connectivity index (χ0) is 16.6. The zero-order valence-electron chi connectivity index (χ0n) is 13.2. The monoisotopic (exact) mass is 317 g/mol. The van der Waals surface area contributed by atoms with Crippen molar-refractivity contribution in [3.05, 3.63) is 48.0 Å². The number of hydrogen-bond donors (Lipinski definition) is 2. The highest BCUT2D eigenvalue weighted by molar-refractivity contribution is 5.80. The first kappa shape index (κ1) is 15.7. The Morgan fingerprint density at radius 2 is 2.26 bits per heavy atom. The topological polar surface area (TPSA) is 67.2 Å². The van der Waals surface area contributed by atoms with E-state index in [1.807, 2.05) is 6.92 Å². The summed E-state index contributed by atoms with van der Waals surface area (Å²) in [6.45, 7) is 3.54. The van der Waals surface area contributed by atoms with Crippen LogP contribution in [-0.4, -0.2) is 26.4 Å². The van der Waals surface area contributed by atoms with Gasteiger partial charge in [0.15, 0.2) is 0 Å². The number of rotatable bonds is 4. The first-order valence-electron chi connectivity index (χ1n) is 7.68. The third kappa shape index (κ3) is 3.27. The zero-order valence-corrected chi connectivity index (χ0v) is 13.2. The lowest BCUT2D eigenvalue weighted by atomic mass is 9.71. The van der Waals surface area contributed by atoms with E-state index in [0.29, 0.717) is 24.1 Å². The summed E-state index contributed by atoms with van der Waals surface area (Å²) in [6, 6.07) is 6.27. The Kier molecular flexibility index (Phi) is 3.93. The van der Waals surface area contributed by atoms with Gasteiger partial charge in [-0.1, -0.05) is 6.07 Å². The lowest BCUT2D eigenvalue weighted by Crippen LogP contribution is -2.48. The minimum absolute atomic E-state index is 0.0967. The van der Waals surface area contributed by atoms with Gasteiger partial charge in [0.2, 0.25) is 5.91 Å². The van der Waals surface area contributed by atoms with Gasteiger partial charge >= 0.3 is 0 Å². The van der Waals surface area contributed by atoms with Crippen LogP contribution in [0.5, 0.6) is 0 Å². The van der Waals surface area contributed by atoms with Crippen molar-refractivity contribution in [2.24, 2.45) is 5.92 Å². The molecular formula is C17H20FN3O2. The van der Waals surface area contributed by atoms with E-state index in [1.165, 1.54) is 10.7 Å². The SMILES string of the molecule is C[C@@H](NC(=O)C1CC(C)(O)C1)c1ccc(-n2cccn2)c(F)c1. The number of nitrogens with one attached hydrogen (secondary N) is 1. The average Bonchev–Trinajstić information content (AvgIpc) is 2.98. The number of nitrogens with zero attached hydrogens (tertiary/aromatic N) is 2. The highest BCUT2D eigenvalue weighted by Gasteiger charge is 2.42. The normalized spacial score (nSPS) is 24.8. The van der Waals surface area contributed by atoms with Gasteiger partial charge in [0.05, 0.1) is 11.6 Å². The molecule has 0 saturated heterocycles. The van der Waals surface area contributed by atoms with E-state index in [0.717, 1.165) is 0 Å². The third-order valence-electron chi connectivity index (χ3n) is 4.32. The Morgan fingerprint density at radius 1 is 1.52 bits per heavy atom. The lowest BCUT2D eigenvalue weighted by Gasteiger charge is -2.40. The molecule has 1 aliphatic rings. The van der Waals surface area contributed by atoms with E-state index in [9.17, 15) is 14.3 Å². The second-order valence-electron chi connectivity index (χ2n) is 6.49. The number of benzene rings is 1. The van der Waals surface area contributed by atoms with Gasteiger partial charge in [-0.3, -0.25) is 4.79 Å². The second-order valence-corrected chi connectivity index (χ2v) is 6.49. The van der Waals surface area contributed by atoms with E-state index >= 15 is 0 Å². The molecule has 6 heteroatoms. The largest absolute Gasteiger partial charge is 0.390 e. The quantitative estimate of drug-likeness (QED) is 0.909. The molecule has 3 rings (SSSR count). The molecule has 0 aliphatic heterocycles. The van der Waals surface area contributed by atoms with Gasteiger partial charge in [0.25, 0.3) is 0 Å². The molecule has 0 unspecified atom stereocenters. The van der Waals surface area contributed by atoms with Gasteiger partial charge in [0.1, 0.15) is 11.5 Å². The molecule has 0 bridgehead atoms. The van der Waals surface area contributed by atoms with Crippen LogP contribution in [-0.2, 0) is 4.79 Å². The Morgan fingerprint density at radius 3 is 2.83 bits per heavy atom. The van der Waals surface area contributed by atoms with E-state index < -0.39 is 5.60 Å². The van der Waals surface area contributed by atoms with Crippen molar-refractivity contribution in [2.45, 2.75) is 38.3 Å². The summed E-state index contributed by atoms with van der Waals surface area (Å²) >= 11 is 0. The maximum atomic E-state index is 14.2. The number of aliphatic hydroxyl groups is 1. The maximum Gasteiger partial charge on any atom is 0.223 e. The fourth-order valence-electron chi connectivity index (χ4n) is 2.99. The van der Waals surface area contributed by atoms with Crippen molar-refractivity contribution in [3.63, 3.8) is 0 Å². The summed E-state index contributed by atoms with van der Waals surface area (Å²) in [5, 5.41) is 16.6. The summed E-state index contributed by atoms with van der Waals surface area (Å²) in [6.07, 6.45) is 4.20. The molecule has 23 heavy (non-hydrogen) atoms. The molecule has 1 atom stereocenters. The Hall–Kier alpha value is -2.21. The number of amides is 1. The van der Waals surface area contributed by atoms with Crippen molar-refractivity contribution in [1.29, 1.82) is 0 Å². The third-order valence-corrected chi connectivity index (χ3v) is 4.32. The smallest absolute Gasteiger partial charge is 0.223 e. The fourth-order valence-corrected chi connectivity index (χ4v) is 2.99. The molecule has 1 saturated carbocycles. The molecule has 1 aromatic heterocycles. The van der Waals surface area contributed by atoms with Crippen LogP contribution < -0.4 is 5.32 Å². The summed E-state index contributed by atoms with van der Waals surface area (Å²) in [7, 11) is 0. The number of aromatic nitrogens is 2. The number of halogens is 1. The number of carbonyl (C=O) groups is 1. The summed E-state index contributed by atoms with van der Waals surface area (Å²) in [5.74, 6) is -0.653. The predicted molar refractivity (Wildman–Crippen MR) is 83.4 cm³/mol. The molecule has 1 aromatic carbocycles. The van der Waals surface area contributed by atoms with E-state index in [-0.39, 0.29) is 23.7 Å². The number of carbonyl (C=O) groups excluding carboxylic acids is 1. The highest BCUT2D eigenvalue weighted by Crippen LogP contribution is 2.37. The van der Waals surface area contributed by atoms with Crippen molar-refractivity contribution < 1.29 is 14.3 Å². The molecule has 2 N–H and O–H groups in total. The van der Waals surface area contributed by atoms with Gasteiger partial charge in [-0.15, -0.1) is 0 Å². The number of hydrogen-bond acceptors (Lipinski definition) is 3. The van der Waals surface area contributed by atoms with Gasteiger partial charge in [-0.25, -0.2) is 9.07 Å². The molecule has 0 radical (unpaired) electrons. The van der Waals surface area contributed by atoms with Gasteiger partial charge in [-0.05, 0) is 50.5 Å². The van der Waals surface area contributed by atoms with Crippen LogP contribution in [0.25, 0.3) is 5.69 Å². The second kappa shape index (κ2) is 5.77. The standard InChI is InChI=1S/C17H20FN3O2/c1-11(20-16(22)13-9-17(2,23)10-13)12-4-5-15(14(18)8-12)21-7-3-6-19-21/h3-8,11,13,23H,9-10H2,1-2H3,(H,20,22)/t11-,13?,17?/m1/s1. The molecule has 2 aromatic rings. The minimum atomic E-state index is -0.733. The van der Waals surface area contributed by atoms with Crippen molar-refractivity contribution in [2.75, 3.05) is 0 Å². The van der Waals surface area contributed by atoms with Crippen molar-refractivity contribution >= 4 is 5.91 Å². The van der Waals surface area contributed by atoms with Crippen LogP contribution in [0, 0.1) is 11.7 Å². The molecule has 1 aliphatic carbocycles. The summed E-state index contributed by atoms with van der Waals surface area (Å²) in [4.78, 5) is 12.1. The van der Waals surface area contributed by atoms with Crippen LogP contribution >= 0.6 is 0 Å². The lowest BCUT2D eigenvalue weighted by molar-refractivity contribution is -0.139. The van der Waals surface area contributed by atoms with Gasteiger partial charge in [-0.2, -0.15) is 5.10 Å². The molecule has 122 valence electrons. The highest BCUT2D eigenvalue weighted by atomic mass is 19.1. The maximum absolute atomic E-state index is 14.2. The van der Waals surface area contributed by atoms with Gasteiger partial charge in [0, 0.05) is 18.3 Å². The first-order valence-corrected chi connectivity index (χ1v) is 7.68. The Labute approximate surface area is 134 Å². The average molecular weight is 317 g/mol. The van der Waals surface area contributed by atoms with Crippen LogP contribution in [0.4, 0.5) is 4.39 Å². The Balaban J connectivity index is 1.67. The van der Waals surface area contributed by atoms with E-state index in [4.69, 9.17) is 0 Å². The molecule has 1 amide bonds. The first-order chi connectivity index (χ1) is 10.9. The van der Waals surface area contributed by atoms with Crippen LogP contribution in [0.2, 0.25) is 0 Å². The molecule has 1 heterocycles. The summed E-state index contributed by atoms with van der Waals surface area (Å²) in [5.41, 5.74) is 0.327. The fraction of sp³-hybridized carbons (Fsp3) is 0.412. The molecule has 5 nitrogen and oxygen atoms in total. The minimum Gasteiger partial charge on any atom is -0.390 e.